The molecule has 0 saturated heterocycles. The summed E-state index contributed by atoms with van der Waals surface area (Å²) < 4.78 is 0. The highest BCUT2D eigenvalue weighted by Gasteiger charge is 2.19. The first-order valence-electron chi connectivity index (χ1n) is 11.6. The van der Waals surface area contributed by atoms with E-state index in [0.29, 0.717) is 51.7 Å². The molecule has 0 spiro atoms. The van der Waals surface area contributed by atoms with Crippen LogP contribution >= 0.6 is 46.4 Å². The van der Waals surface area contributed by atoms with Crippen molar-refractivity contribution in [2.45, 2.75) is 34.1 Å². The number of benzene rings is 3. The normalized spacial score (nSPS) is 9.83. The number of nitrogens with zero attached hydrogens (tertiary/aromatic N) is 1. The van der Waals surface area contributed by atoms with Gasteiger partial charge in [0.1, 0.15) is 0 Å². The van der Waals surface area contributed by atoms with Crippen molar-refractivity contribution in [1.82, 2.24) is 4.90 Å². The summed E-state index contributed by atoms with van der Waals surface area (Å²) in [5.74, 6) is -0.182. The number of para-hydroxylation sites is 1. The van der Waals surface area contributed by atoms with E-state index < -0.39 is 0 Å². The molecule has 0 heterocycles. The average Bonchev–Trinajstić information content (AvgIpc) is 2.87. The second kappa shape index (κ2) is 16.5. The van der Waals surface area contributed by atoms with Crippen LogP contribution in [0.1, 0.15) is 43.6 Å². The zero-order chi connectivity index (χ0) is 26.4. The third kappa shape index (κ3) is 9.81. The second-order valence-corrected chi connectivity index (χ2v) is 8.61. The number of hydrogen-bond donors (Lipinski definition) is 2. The summed E-state index contributed by atoms with van der Waals surface area (Å²) in [5.41, 5.74) is 8.55. The highest BCUT2D eigenvalue weighted by atomic mass is 35.5. The summed E-state index contributed by atoms with van der Waals surface area (Å²) in [6.07, 6.45) is 0.672. The molecule has 0 aliphatic heterocycles. The SMILES string of the molecule is CC.CC.Nc1c(Cl)cccc1C(=O)N(CCNc1ccc(Cl)cc1Cl)CCc1ccc(Cl)cc1. The fourth-order valence-corrected chi connectivity index (χ4v) is 3.86. The molecule has 0 radical (unpaired) electrons. The third-order valence-corrected chi connectivity index (χ3v) is 5.91. The molecular weight excluding hydrogens is 524 g/mol. The Kier molecular flexibility index (Phi) is 14.6. The van der Waals surface area contributed by atoms with Gasteiger partial charge in [-0.25, -0.2) is 0 Å². The number of anilines is 2. The van der Waals surface area contributed by atoms with Gasteiger partial charge in [0.05, 0.1) is 27.0 Å². The lowest BCUT2D eigenvalue weighted by Gasteiger charge is -2.24. The van der Waals surface area contributed by atoms with E-state index in [9.17, 15) is 4.79 Å². The maximum absolute atomic E-state index is 13.2. The third-order valence-electron chi connectivity index (χ3n) is 4.78. The van der Waals surface area contributed by atoms with Crippen LogP contribution in [0, 0.1) is 0 Å². The fraction of sp³-hybridized carbons (Fsp3) is 0.296. The lowest BCUT2D eigenvalue weighted by molar-refractivity contribution is 0.0765. The zero-order valence-corrected chi connectivity index (χ0v) is 23.6. The molecule has 0 aliphatic carbocycles. The van der Waals surface area contributed by atoms with Gasteiger partial charge >= 0.3 is 0 Å². The molecular formula is C27H33Cl4N3O. The quantitative estimate of drug-likeness (QED) is 0.273. The molecule has 0 saturated carbocycles. The van der Waals surface area contributed by atoms with Crippen LogP contribution in [0.15, 0.2) is 60.7 Å². The molecule has 1 amide bonds. The molecule has 0 unspecified atom stereocenters. The van der Waals surface area contributed by atoms with E-state index in [-0.39, 0.29) is 11.6 Å². The molecule has 0 bridgehead atoms. The smallest absolute Gasteiger partial charge is 0.256 e. The van der Waals surface area contributed by atoms with Gasteiger partial charge in [-0.1, -0.05) is 92.3 Å². The number of halogens is 4. The van der Waals surface area contributed by atoms with E-state index in [4.69, 9.17) is 52.1 Å². The Morgan fingerprint density at radius 3 is 2.09 bits per heavy atom. The van der Waals surface area contributed by atoms with Crippen LogP contribution in [0.25, 0.3) is 0 Å². The molecule has 3 aromatic carbocycles. The number of carbonyl (C=O) groups excluding carboxylic acids is 1. The second-order valence-electron chi connectivity index (χ2n) is 6.92. The Bertz CT molecular complexity index is 1060. The van der Waals surface area contributed by atoms with E-state index in [1.54, 1.807) is 41.3 Å². The molecule has 0 atom stereocenters. The maximum atomic E-state index is 13.2. The van der Waals surface area contributed by atoms with Crippen molar-refractivity contribution < 1.29 is 4.79 Å². The predicted octanol–water partition coefficient (Wildman–Crippen LogP) is 8.73. The maximum Gasteiger partial charge on any atom is 0.256 e. The summed E-state index contributed by atoms with van der Waals surface area (Å²) in [6, 6.07) is 17.9. The van der Waals surface area contributed by atoms with Gasteiger partial charge < -0.3 is 16.0 Å². The van der Waals surface area contributed by atoms with Gasteiger partial charge in [0.25, 0.3) is 5.91 Å². The van der Waals surface area contributed by atoms with Crippen molar-refractivity contribution in [2.75, 3.05) is 30.7 Å². The van der Waals surface area contributed by atoms with E-state index in [1.165, 1.54) is 0 Å². The highest BCUT2D eigenvalue weighted by Crippen LogP contribution is 2.26. The predicted molar refractivity (Wildman–Crippen MR) is 155 cm³/mol. The number of nitrogen functional groups attached to an aromatic ring is 1. The van der Waals surface area contributed by atoms with E-state index in [0.717, 1.165) is 11.3 Å². The Labute approximate surface area is 229 Å². The largest absolute Gasteiger partial charge is 0.397 e. The van der Waals surface area contributed by atoms with E-state index >= 15 is 0 Å². The van der Waals surface area contributed by atoms with Crippen molar-refractivity contribution in [3.05, 3.63) is 91.9 Å². The van der Waals surface area contributed by atoms with Gasteiger partial charge in [0.15, 0.2) is 0 Å². The lowest BCUT2D eigenvalue weighted by Crippen LogP contribution is -2.37. The van der Waals surface area contributed by atoms with Crippen LogP contribution in [-0.2, 0) is 6.42 Å². The van der Waals surface area contributed by atoms with Gasteiger partial charge in [-0.15, -0.1) is 0 Å². The number of hydrogen-bond acceptors (Lipinski definition) is 3. The Morgan fingerprint density at radius 1 is 0.829 bits per heavy atom. The molecule has 0 fully saturated rings. The molecule has 3 N–H and O–H groups in total. The number of carbonyl (C=O) groups is 1. The van der Waals surface area contributed by atoms with Crippen molar-refractivity contribution in [3.63, 3.8) is 0 Å². The number of nitrogens with two attached hydrogens (primary N) is 1. The zero-order valence-electron chi connectivity index (χ0n) is 20.5. The molecule has 8 heteroatoms. The topological polar surface area (TPSA) is 58.4 Å². The number of nitrogens with one attached hydrogen (secondary N) is 1. The van der Waals surface area contributed by atoms with Crippen LogP contribution in [0.3, 0.4) is 0 Å². The van der Waals surface area contributed by atoms with Gasteiger partial charge in [-0.05, 0) is 54.4 Å². The van der Waals surface area contributed by atoms with E-state index in [2.05, 4.69) is 5.32 Å². The molecule has 0 aromatic heterocycles. The minimum Gasteiger partial charge on any atom is -0.397 e. The van der Waals surface area contributed by atoms with E-state index in [1.807, 2.05) is 52.0 Å². The van der Waals surface area contributed by atoms with Gasteiger partial charge in [0.2, 0.25) is 0 Å². The summed E-state index contributed by atoms with van der Waals surface area (Å²) in [5, 5.41) is 5.36. The highest BCUT2D eigenvalue weighted by molar-refractivity contribution is 6.36. The molecule has 190 valence electrons. The Hall–Kier alpha value is -2.11. The minimum absolute atomic E-state index is 0.182. The van der Waals surface area contributed by atoms with Crippen molar-refractivity contribution in [2.24, 2.45) is 0 Å². The first-order chi connectivity index (χ1) is 16.8. The fourth-order valence-electron chi connectivity index (χ4n) is 3.08. The van der Waals surface area contributed by atoms with Crippen LogP contribution in [-0.4, -0.2) is 30.4 Å². The molecule has 4 nitrogen and oxygen atoms in total. The van der Waals surface area contributed by atoms with Crippen molar-refractivity contribution >= 4 is 63.7 Å². The van der Waals surface area contributed by atoms with Crippen molar-refractivity contribution in [1.29, 1.82) is 0 Å². The first kappa shape index (κ1) is 30.9. The van der Waals surface area contributed by atoms with Crippen LogP contribution in [0.2, 0.25) is 20.1 Å². The number of rotatable bonds is 8. The minimum atomic E-state index is -0.182. The van der Waals surface area contributed by atoms with Crippen molar-refractivity contribution in [3.8, 4) is 0 Å². The molecule has 3 aromatic rings. The Morgan fingerprint density at radius 2 is 1.46 bits per heavy atom. The van der Waals surface area contributed by atoms with Crippen LogP contribution in [0.4, 0.5) is 11.4 Å². The molecule has 3 rings (SSSR count). The first-order valence-corrected chi connectivity index (χ1v) is 13.1. The van der Waals surface area contributed by atoms with Gasteiger partial charge in [0, 0.05) is 29.7 Å². The molecule has 0 aliphatic rings. The average molecular weight is 557 g/mol. The van der Waals surface area contributed by atoms with Crippen LogP contribution < -0.4 is 11.1 Å². The molecule has 35 heavy (non-hydrogen) atoms. The lowest BCUT2D eigenvalue weighted by atomic mass is 10.1. The van der Waals surface area contributed by atoms with Gasteiger partial charge in [-0.2, -0.15) is 0 Å². The van der Waals surface area contributed by atoms with Crippen LogP contribution in [0.5, 0.6) is 0 Å². The summed E-state index contributed by atoms with van der Waals surface area (Å²) in [6.45, 7) is 9.44. The van der Waals surface area contributed by atoms with Gasteiger partial charge in [-0.3, -0.25) is 4.79 Å². The standard InChI is InChI=1S/C23H21Cl4N3O.2C2H6/c24-16-6-4-15(5-7-16)10-12-30(23(31)18-2-1-3-19(26)22(18)28)13-11-29-21-9-8-17(25)14-20(21)27;2*1-2/h1-9,14,29H,10-13,28H2;2*1-2H3. The number of amides is 1. The summed E-state index contributed by atoms with van der Waals surface area (Å²) in [7, 11) is 0. The monoisotopic (exact) mass is 555 g/mol. The summed E-state index contributed by atoms with van der Waals surface area (Å²) >= 11 is 24.3. The summed E-state index contributed by atoms with van der Waals surface area (Å²) in [4.78, 5) is 15.0. The Balaban J connectivity index is 0.00000145.